The van der Waals surface area contributed by atoms with E-state index in [1.54, 1.807) is 0 Å². The number of nitrogens with one attached hydrogen (secondary N) is 1. The van der Waals surface area contributed by atoms with Gasteiger partial charge in [-0.05, 0) is 36.8 Å². The van der Waals surface area contributed by atoms with E-state index in [9.17, 15) is 9.59 Å². The molecule has 4 nitrogen and oxygen atoms in total. The lowest BCUT2D eigenvalue weighted by Crippen LogP contribution is -2.33. The Kier molecular flexibility index (Phi) is 5.58. The van der Waals surface area contributed by atoms with Crippen LogP contribution in [0.4, 0.5) is 0 Å². The normalized spacial score (nSPS) is 16.0. The summed E-state index contributed by atoms with van der Waals surface area (Å²) >= 11 is 0. The van der Waals surface area contributed by atoms with Crippen molar-refractivity contribution in [3.8, 4) is 0 Å². The molecule has 0 saturated heterocycles. The molecular formula is C18H25NO3. The number of esters is 1. The van der Waals surface area contributed by atoms with E-state index in [0.29, 0.717) is 5.92 Å². The van der Waals surface area contributed by atoms with Crippen LogP contribution in [-0.2, 0) is 14.3 Å². The van der Waals surface area contributed by atoms with Crippen LogP contribution in [0.2, 0.25) is 0 Å². The molecule has 2 rings (SSSR count). The van der Waals surface area contributed by atoms with Gasteiger partial charge >= 0.3 is 5.97 Å². The summed E-state index contributed by atoms with van der Waals surface area (Å²) < 4.78 is 5.04. The van der Waals surface area contributed by atoms with E-state index in [4.69, 9.17) is 4.74 Å². The van der Waals surface area contributed by atoms with Gasteiger partial charge in [0, 0.05) is 0 Å². The van der Waals surface area contributed by atoms with E-state index >= 15 is 0 Å². The molecule has 0 aliphatic heterocycles. The van der Waals surface area contributed by atoms with Gasteiger partial charge in [-0.15, -0.1) is 0 Å². The van der Waals surface area contributed by atoms with Gasteiger partial charge in [0.2, 0.25) is 0 Å². The first kappa shape index (κ1) is 16.5. The Balaban J connectivity index is 1.78. The van der Waals surface area contributed by atoms with Crippen LogP contribution in [0.5, 0.6) is 0 Å². The zero-order chi connectivity index (χ0) is 16.1. The molecule has 1 N–H and O–H groups in total. The molecule has 1 amide bonds. The lowest BCUT2D eigenvalue weighted by molar-refractivity contribution is -0.155. The van der Waals surface area contributed by atoms with Crippen molar-refractivity contribution >= 4 is 11.9 Å². The van der Waals surface area contributed by atoms with Gasteiger partial charge in [-0.1, -0.05) is 44.5 Å². The summed E-state index contributed by atoms with van der Waals surface area (Å²) in [4.78, 5) is 23.4. The highest BCUT2D eigenvalue weighted by atomic mass is 16.5. The van der Waals surface area contributed by atoms with Gasteiger partial charge in [0.25, 0.3) is 5.91 Å². The van der Waals surface area contributed by atoms with Gasteiger partial charge in [-0.25, -0.2) is 0 Å². The van der Waals surface area contributed by atoms with Crippen molar-refractivity contribution in [1.29, 1.82) is 0 Å². The first-order chi connectivity index (χ1) is 10.5. The Morgan fingerprint density at radius 1 is 1.14 bits per heavy atom. The quantitative estimate of drug-likeness (QED) is 0.820. The third-order valence-electron chi connectivity index (χ3n) is 4.26. The smallest absolute Gasteiger partial charge is 0.309 e. The first-order valence-electron chi connectivity index (χ1n) is 8.03. The van der Waals surface area contributed by atoms with Crippen LogP contribution in [0.25, 0.3) is 0 Å². The third-order valence-corrected chi connectivity index (χ3v) is 4.26. The van der Waals surface area contributed by atoms with Crippen LogP contribution in [0.1, 0.15) is 63.1 Å². The molecule has 120 valence electrons. The van der Waals surface area contributed by atoms with Crippen LogP contribution >= 0.6 is 0 Å². The monoisotopic (exact) mass is 303 g/mol. The summed E-state index contributed by atoms with van der Waals surface area (Å²) in [7, 11) is 0. The molecule has 1 atom stereocenters. The lowest BCUT2D eigenvalue weighted by Gasteiger charge is -2.23. The average Bonchev–Trinajstić information content (AvgIpc) is 2.43. The minimum atomic E-state index is -0.256. The van der Waals surface area contributed by atoms with Crippen LogP contribution in [-0.4, -0.2) is 18.5 Å². The van der Waals surface area contributed by atoms with Crippen LogP contribution in [0.15, 0.2) is 24.3 Å². The number of benzene rings is 1. The fraction of sp³-hybridized carbons (Fsp3) is 0.556. The minimum Gasteiger partial charge on any atom is -0.455 e. The van der Waals surface area contributed by atoms with Crippen molar-refractivity contribution in [2.45, 2.75) is 52.0 Å². The summed E-state index contributed by atoms with van der Waals surface area (Å²) in [6, 6.07) is 8.12. The van der Waals surface area contributed by atoms with E-state index < -0.39 is 0 Å². The van der Waals surface area contributed by atoms with Crippen LogP contribution < -0.4 is 5.32 Å². The predicted molar refractivity (Wildman–Crippen MR) is 85.4 cm³/mol. The van der Waals surface area contributed by atoms with E-state index in [1.807, 2.05) is 19.1 Å². The Labute approximate surface area is 132 Å². The molecule has 1 aromatic carbocycles. The Morgan fingerprint density at radius 3 is 2.23 bits per heavy atom. The number of hydrogen-bond donors (Lipinski definition) is 1. The molecule has 1 aliphatic rings. The summed E-state index contributed by atoms with van der Waals surface area (Å²) in [6.07, 6.45) is 2.85. The minimum absolute atomic E-state index is 0.00815. The topological polar surface area (TPSA) is 55.4 Å². The molecule has 22 heavy (non-hydrogen) atoms. The van der Waals surface area contributed by atoms with Gasteiger partial charge in [-0.3, -0.25) is 9.59 Å². The van der Waals surface area contributed by atoms with Crippen molar-refractivity contribution < 1.29 is 14.3 Å². The summed E-state index contributed by atoms with van der Waals surface area (Å²) in [5.41, 5.74) is 2.32. The molecule has 0 heterocycles. The maximum Gasteiger partial charge on any atom is 0.309 e. The van der Waals surface area contributed by atoms with Crippen molar-refractivity contribution in [2.24, 2.45) is 5.92 Å². The fourth-order valence-corrected chi connectivity index (χ4v) is 2.43. The predicted octanol–water partition coefficient (Wildman–Crippen LogP) is 3.33. The van der Waals surface area contributed by atoms with E-state index in [0.717, 1.165) is 24.8 Å². The van der Waals surface area contributed by atoms with Gasteiger partial charge in [0.1, 0.15) is 0 Å². The van der Waals surface area contributed by atoms with Gasteiger partial charge in [-0.2, -0.15) is 0 Å². The van der Waals surface area contributed by atoms with Gasteiger partial charge < -0.3 is 10.1 Å². The largest absolute Gasteiger partial charge is 0.455 e. The third kappa shape index (κ3) is 4.33. The maximum absolute atomic E-state index is 11.8. The molecule has 1 unspecified atom stereocenters. The van der Waals surface area contributed by atoms with Crippen molar-refractivity contribution in [2.75, 3.05) is 6.61 Å². The Morgan fingerprint density at radius 2 is 1.73 bits per heavy atom. The standard InChI is InChI=1S/C18H25NO3/c1-12(2)14-7-9-15(10-8-14)13(3)19-17(20)11-22-18(21)16-5-4-6-16/h7-10,12-13,16H,4-6,11H2,1-3H3,(H,19,20). The Bertz CT molecular complexity index is 518. The second-order valence-corrected chi connectivity index (χ2v) is 6.35. The maximum atomic E-state index is 11.8. The SMILES string of the molecule is CC(C)c1ccc(C(C)NC(=O)COC(=O)C2CCC2)cc1. The van der Waals surface area contributed by atoms with E-state index in [1.165, 1.54) is 5.56 Å². The molecule has 4 heteroatoms. The summed E-state index contributed by atoms with van der Waals surface area (Å²) in [5, 5.41) is 2.86. The molecule has 1 aliphatic carbocycles. The highest BCUT2D eigenvalue weighted by molar-refractivity contribution is 5.81. The van der Waals surface area contributed by atoms with Gasteiger partial charge in [0.05, 0.1) is 12.0 Å². The summed E-state index contributed by atoms with van der Waals surface area (Å²) in [5.74, 6) is 0.00196. The van der Waals surface area contributed by atoms with Crippen molar-refractivity contribution in [3.63, 3.8) is 0 Å². The zero-order valence-corrected chi connectivity index (χ0v) is 13.6. The average molecular weight is 303 g/mol. The molecule has 1 fully saturated rings. The number of rotatable bonds is 6. The number of amides is 1. The number of hydrogen-bond acceptors (Lipinski definition) is 3. The second-order valence-electron chi connectivity index (χ2n) is 6.35. The second kappa shape index (κ2) is 7.43. The number of carbonyl (C=O) groups excluding carboxylic acids is 2. The van der Waals surface area contributed by atoms with Crippen molar-refractivity contribution in [3.05, 3.63) is 35.4 Å². The molecule has 1 aromatic rings. The first-order valence-corrected chi connectivity index (χ1v) is 8.03. The molecule has 0 spiro atoms. The number of carbonyl (C=O) groups is 2. The van der Waals surface area contributed by atoms with E-state index in [-0.39, 0.29) is 30.4 Å². The zero-order valence-electron chi connectivity index (χ0n) is 13.6. The molecule has 1 saturated carbocycles. The molecule has 0 aromatic heterocycles. The molecular weight excluding hydrogens is 278 g/mol. The van der Waals surface area contributed by atoms with Crippen molar-refractivity contribution in [1.82, 2.24) is 5.32 Å². The summed E-state index contributed by atoms with van der Waals surface area (Å²) in [6.45, 7) is 6.03. The highest BCUT2D eigenvalue weighted by Crippen LogP contribution is 2.27. The van der Waals surface area contributed by atoms with Gasteiger partial charge in [0.15, 0.2) is 6.61 Å². The molecule has 0 radical (unpaired) electrons. The molecule has 0 bridgehead atoms. The van der Waals surface area contributed by atoms with Crippen LogP contribution in [0, 0.1) is 5.92 Å². The van der Waals surface area contributed by atoms with Crippen LogP contribution in [0.3, 0.4) is 0 Å². The Hall–Kier alpha value is -1.84. The highest BCUT2D eigenvalue weighted by Gasteiger charge is 2.27. The number of ether oxygens (including phenoxy) is 1. The lowest BCUT2D eigenvalue weighted by atomic mass is 9.86. The van der Waals surface area contributed by atoms with E-state index in [2.05, 4.69) is 31.3 Å². The fourth-order valence-electron chi connectivity index (χ4n) is 2.43.